The Morgan fingerprint density at radius 3 is 2.44 bits per heavy atom. The fourth-order valence-electron chi connectivity index (χ4n) is 3.56. The van der Waals surface area contributed by atoms with Crippen LogP contribution < -0.4 is 0 Å². The largest absolute Gasteiger partial charge is 0.465 e. The summed E-state index contributed by atoms with van der Waals surface area (Å²) in [6, 6.07) is 8.84. The molecule has 2 fully saturated rings. The summed E-state index contributed by atoms with van der Waals surface area (Å²) in [7, 11) is 0. The van der Waals surface area contributed by atoms with Crippen LogP contribution in [0.1, 0.15) is 56.6 Å². The molecule has 2 amide bonds. The van der Waals surface area contributed by atoms with Crippen molar-refractivity contribution in [1.82, 2.24) is 9.80 Å². The maximum Gasteiger partial charge on any atom is 0.407 e. The Hall–Kier alpha value is -2.04. The third-order valence-electron chi connectivity index (χ3n) is 5.31. The summed E-state index contributed by atoms with van der Waals surface area (Å²) in [5.41, 5.74) is 2.45. The lowest BCUT2D eigenvalue weighted by atomic mass is 9.96. The summed E-state index contributed by atoms with van der Waals surface area (Å²) < 4.78 is 0. The Kier molecular flexibility index (Phi) is 5.30. The second-order valence-corrected chi connectivity index (χ2v) is 7.66. The van der Waals surface area contributed by atoms with E-state index in [2.05, 4.69) is 38.1 Å². The zero-order chi connectivity index (χ0) is 18.0. The van der Waals surface area contributed by atoms with Gasteiger partial charge in [0.15, 0.2) is 0 Å². The van der Waals surface area contributed by atoms with E-state index in [0.717, 1.165) is 31.2 Å². The predicted molar refractivity (Wildman–Crippen MR) is 96.4 cm³/mol. The monoisotopic (exact) mass is 344 g/mol. The van der Waals surface area contributed by atoms with Gasteiger partial charge in [-0.3, -0.25) is 4.79 Å². The normalized spacial score (nSPS) is 20.6. The molecule has 1 N–H and O–H groups in total. The van der Waals surface area contributed by atoms with Crippen LogP contribution in [-0.4, -0.2) is 46.0 Å². The smallest absolute Gasteiger partial charge is 0.407 e. The molecule has 1 aromatic carbocycles. The molecule has 1 heterocycles. The molecule has 0 unspecified atom stereocenters. The first-order valence-electron chi connectivity index (χ1n) is 9.33. The minimum atomic E-state index is -0.917. The number of rotatable bonds is 5. The van der Waals surface area contributed by atoms with Crippen LogP contribution in [0.4, 0.5) is 4.79 Å². The average molecular weight is 344 g/mol. The number of benzene rings is 1. The Morgan fingerprint density at radius 1 is 1.20 bits per heavy atom. The highest BCUT2D eigenvalue weighted by atomic mass is 16.4. The molecule has 1 atom stereocenters. The molecule has 1 aliphatic carbocycles. The van der Waals surface area contributed by atoms with Gasteiger partial charge in [-0.1, -0.05) is 38.1 Å². The number of likely N-dealkylation sites (tertiary alicyclic amines) is 1. The van der Waals surface area contributed by atoms with Crippen LogP contribution in [0.25, 0.3) is 0 Å². The highest BCUT2D eigenvalue weighted by Gasteiger charge is 2.37. The van der Waals surface area contributed by atoms with E-state index in [-0.39, 0.29) is 11.8 Å². The number of carbonyl (C=O) groups excluding carboxylic acids is 1. The first kappa shape index (κ1) is 17.8. The van der Waals surface area contributed by atoms with Gasteiger partial charge in [0.25, 0.3) is 0 Å². The number of piperidine rings is 1. The predicted octanol–water partition coefficient (Wildman–Crippen LogP) is 3.69. The van der Waals surface area contributed by atoms with Crippen molar-refractivity contribution in [2.24, 2.45) is 5.92 Å². The van der Waals surface area contributed by atoms with Crippen molar-refractivity contribution in [2.45, 2.75) is 58.0 Å². The van der Waals surface area contributed by atoms with Crippen LogP contribution in [0.3, 0.4) is 0 Å². The minimum absolute atomic E-state index is 0.126. The van der Waals surface area contributed by atoms with Gasteiger partial charge in [-0.15, -0.1) is 0 Å². The molecule has 1 saturated heterocycles. The van der Waals surface area contributed by atoms with Crippen LogP contribution >= 0.6 is 0 Å². The zero-order valence-corrected chi connectivity index (χ0v) is 15.1. The molecule has 5 heteroatoms. The van der Waals surface area contributed by atoms with Gasteiger partial charge in [-0.2, -0.15) is 0 Å². The SMILES string of the molecule is CC(C)c1ccc(CN(C(=O)[C@H]2CCCN(C(=O)O)C2)C2CC2)cc1. The van der Waals surface area contributed by atoms with Crippen LogP contribution in [-0.2, 0) is 11.3 Å². The quantitative estimate of drug-likeness (QED) is 0.886. The van der Waals surface area contributed by atoms with Gasteiger partial charge >= 0.3 is 6.09 Å². The van der Waals surface area contributed by atoms with E-state index in [9.17, 15) is 14.7 Å². The molecule has 0 radical (unpaired) electrons. The molecule has 0 bridgehead atoms. The van der Waals surface area contributed by atoms with Gasteiger partial charge in [0.1, 0.15) is 0 Å². The van der Waals surface area contributed by atoms with E-state index in [0.29, 0.717) is 31.6 Å². The summed E-state index contributed by atoms with van der Waals surface area (Å²) in [5.74, 6) is 0.432. The fraction of sp³-hybridized carbons (Fsp3) is 0.600. The van der Waals surface area contributed by atoms with Crippen LogP contribution in [0.5, 0.6) is 0 Å². The van der Waals surface area contributed by atoms with Crippen molar-refractivity contribution in [2.75, 3.05) is 13.1 Å². The Morgan fingerprint density at radius 2 is 1.88 bits per heavy atom. The first-order valence-corrected chi connectivity index (χ1v) is 9.33. The molecular formula is C20H28N2O3. The Balaban J connectivity index is 1.68. The zero-order valence-electron chi connectivity index (χ0n) is 15.1. The van der Waals surface area contributed by atoms with E-state index in [1.807, 2.05) is 4.90 Å². The number of hydrogen-bond acceptors (Lipinski definition) is 2. The van der Waals surface area contributed by atoms with Crippen LogP contribution in [0.15, 0.2) is 24.3 Å². The molecule has 1 saturated carbocycles. The van der Waals surface area contributed by atoms with Gasteiger partial charge in [0.05, 0.1) is 5.92 Å². The molecule has 2 aliphatic rings. The van der Waals surface area contributed by atoms with Gasteiger partial charge in [-0.25, -0.2) is 4.79 Å². The number of hydrogen-bond donors (Lipinski definition) is 1. The standard InChI is InChI=1S/C20H28N2O3/c1-14(2)16-7-5-15(6-8-16)12-22(18-9-10-18)19(23)17-4-3-11-21(13-17)20(24)25/h5-8,14,17-18H,3-4,9-13H2,1-2H3,(H,24,25)/t17-/m0/s1. The van der Waals surface area contributed by atoms with Gasteiger partial charge in [-0.05, 0) is 42.7 Å². The van der Waals surface area contributed by atoms with E-state index in [1.165, 1.54) is 10.5 Å². The maximum atomic E-state index is 13.0. The molecule has 136 valence electrons. The number of nitrogens with zero attached hydrogens (tertiary/aromatic N) is 2. The molecular weight excluding hydrogens is 316 g/mol. The van der Waals surface area contributed by atoms with Crippen molar-refractivity contribution in [3.05, 3.63) is 35.4 Å². The number of carboxylic acid groups (broad SMARTS) is 1. The van der Waals surface area contributed by atoms with Gasteiger partial charge in [0.2, 0.25) is 5.91 Å². The Labute approximate surface area is 149 Å². The molecule has 5 nitrogen and oxygen atoms in total. The van der Waals surface area contributed by atoms with E-state index in [4.69, 9.17) is 0 Å². The average Bonchev–Trinajstić information content (AvgIpc) is 3.44. The Bertz CT molecular complexity index is 622. The molecule has 1 aromatic rings. The van der Waals surface area contributed by atoms with Gasteiger partial charge < -0.3 is 14.9 Å². The molecule has 0 aromatic heterocycles. The fourth-order valence-corrected chi connectivity index (χ4v) is 3.56. The molecule has 1 aliphatic heterocycles. The summed E-state index contributed by atoms with van der Waals surface area (Å²) in [5, 5.41) is 9.20. The van der Waals surface area contributed by atoms with E-state index < -0.39 is 6.09 Å². The minimum Gasteiger partial charge on any atom is -0.465 e. The first-order chi connectivity index (χ1) is 12.0. The van der Waals surface area contributed by atoms with Crippen molar-refractivity contribution >= 4 is 12.0 Å². The van der Waals surface area contributed by atoms with E-state index in [1.54, 1.807) is 0 Å². The lowest BCUT2D eigenvalue weighted by Crippen LogP contribution is -2.46. The second-order valence-electron chi connectivity index (χ2n) is 7.66. The third-order valence-corrected chi connectivity index (χ3v) is 5.31. The topological polar surface area (TPSA) is 60.9 Å². The van der Waals surface area contributed by atoms with Crippen molar-refractivity contribution in [3.8, 4) is 0 Å². The van der Waals surface area contributed by atoms with Crippen LogP contribution in [0.2, 0.25) is 0 Å². The van der Waals surface area contributed by atoms with Crippen molar-refractivity contribution in [3.63, 3.8) is 0 Å². The summed E-state index contributed by atoms with van der Waals surface area (Å²) in [6.07, 6.45) is 2.76. The number of carbonyl (C=O) groups is 2. The molecule has 0 spiro atoms. The third kappa shape index (κ3) is 4.33. The summed E-state index contributed by atoms with van der Waals surface area (Å²) in [6.45, 7) is 5.85. The van der Waals surface area contributed by atoms with Crippen molar-refractivity contribution in [1.29, 1.82) is 0 Å². The summed E-state index contributed by atoms with van der Waals surface area (Å²) >= 11 is 0. The lowest BCUT2D eigenvalue weighted by molar-refractivity contribution is -0.138. The lowest BCUT2D eigenvalue weighted by Gasteiger charge is -2.34. The highest BCUT2D eigenvalue weighted by molar-refractivity contribution is 5.80. The van der Waals surface area contributed by atoms with Crippen molar-refractivity contribution < 1.29 is 14.7 Å². The highest BCUT2D eigenvalue weighted by Crippen LogP contribution is 2.31. The van der Waals surface area contributed by atoms with E-state index >= 15 is 0 Å². The molecule has 25 heavy (non-hydrogen) atoms. The van der Waals surface area contributed by atoms with Gasteiger partial charge in [0, 0.05) is 25.7 Å². The number of amides is 2. The maximum absolute atomic E-state index is 13.0. The van der Waals surface area contributed by atoms with Crippen LogP contribution in [0, 0.1) is 5.92 Å². The molecule has 3 rings (SSSR count). The summed E-state index contributed by atoms with van der Waals surface area (Å²) in [4.78, 5) is 27.6. The second kappa shape index (κ2) is 7.46.